The smallest absolute Gasteiger partial charge is 0.209 e. The first kappa shape index (κ1) is 17.7. The van der Waals surface area contributed by atoms with Gasteiger partial charge in [0.2, 0.25) is 10.3 Å². The first-order chi connectivity index (χ1) is 13.0. The van der Waals surface area contributed by atoms with Gasteiger partial charge in [0.05, 0.1) is 12.7 Å². The van der Waals surface area contributed by atoms with Crippen molar-refractivity contribution in [2.75, 3.05) is 30.8 Å². The molecule has 2 aromatic heterocycles. The Labute approximate surface area is 160 Å². The molecule has 0 bridgehead atoms. The fourth-order valence-corrected chi connectivity index (χ4v) is 3.95. The van der Waals surface area contributed by atoms with Gasteiger partial charge in [-0.1, -0.05) is 28.6 Å². The maximum Gasteiger partial charge on any atom is 0.209 e. The standard InChI is InChI=1S/C18H21N5O3S/c1-25-13-4-2-3-12(9-13)15-10-14(26-22-15)11-18(24)5-7-23(8-6-18)17-21-20-16(19)27-17/h2-4,9-10,24H,5-8,11H2,1H3,(H2,19,20). The Hall–Kier alpha value is -2.65. The summed E-state index contributed by atoms with van der Waals surface area (Å²) >= 11 is 1.36. The van der Waals surface area contributed by atoms with Crippen LogP contribution in [0.2, 0.25) is 0 Å². The first-order valence-corrected chi connectivity index (χ1v) is 9.53. The SMILES string of the molecule is COc1cccc(-c2cc(CC3(O)CCN(c4nnc(N)s4)CC3)on2)c1. The first-order valence-electron chi connectivity index (χ1n) is 8.71. The van der Waals surface area contributed by atoms with Crippen molar-refractivity contribution in [3.05, 3.63) is 36.1 Å². The Morgan fingerprint density at radius 3 is 2.81 bits per heavy atom. The summed E-state index contributed by atoms with van der Waals surface area (Å²) in [5.74, 6) is 1.43. The van der Waals surface area contributed by atoms with Gasteiger partial charge in [0, 0.05) is 31.1 Å². The van der Waals surface area contributed by atoms with E-state index in [1.54, 1.807) is 7.11 Å². The second kappa shape index (κ2) is 7.16. The molecule has 4 rings (SSSR count). The third kappa shape index (κ3) is 3.88. The molecule has 9 heteroatoms. The highest BCUT2D eigenvalue weighted by Crippen LogP contribution is 2.32. The van der Waals surface area contributed by atoms with Crippen LogP contribution in [0.15, 0.2) is 34.9 Å². The van der Waals surface area contributed by atoms with Gasteiger partial charge in [0.15, 0.2) is 0 Å². The molecule has 3 N–H and O–H groups in total. The molecule has 8 nitrogen and oxygen atoms in total. The molecule has 0 saturated carbocycles. The van der Waals surface area contributed by atoms with Crippen molar-refractivity contribution < 1.29 is 14.4 Å². The third-order valence-electron chi connectivity index (χ3n) is 4.82. The van der Waals surface area contributed by atoms with Crippen LogP contribution in [0.25, 0.3) is 11.3 Å². The summed E-state index contributed by atoms with van der Waals surface area (Å²) in [6.45, 7) is 1.39. The zero-order valence-electron chi connectivity index (χ0n) is 15.0. The molecule has 0 aliphatic carbocycles. The second-order valence-corrected chi connectivity index (χ2v) is 7.71. The van der Waals surface area contributed by atoms with Gasteiger partial charge in [0.25, 0.3) is 0 Å². The van der Waals surface area contributed by atoms with Crippen molar-refractivity contribution in [2.24, 2.45) is 0 Å². The molecule has 1 saturated heterocycles. The van der Waals surface area contributed by atoms with Crippen molar-refractivity contribution >= 4 is 21.6 Å². The molecule has 1 aromatic carbocycles. The molecule has 1 aliphatic heterocycles. The number of nitrogens with zero attached hydrogens (tertiary/aromatic N) is 4. The molecule has 3 aromatic rings. The van der Waals surface area contributed by atoms with Gasteiger partial charge >= 0.3 is 0 Å². The van der Waals surface area contributed by atoms with E-state index in [1.807, 2.05) is 30.3 Å². The fourth-order valence-electron chi connectivity index (χ4n) is 3.28. The zero-order valence-corrected chi connectivity index (χ0v) is 15.8. The van der Waals surface area contributed by atoms with E-state index in [4.69, 9.17) is 15.0 Å². The number of hydrogen-bond donors (Lipinski definition) is 2. The lowest BCUT2D eigenvalue weighted by atomic mass is 9.87. The van der Waals surface area contributed by atoms with E-state index < -0.39 is 5.60 Å². The molecule has 0 amide bonds. The summed E-state index contributed by atoms with van der Waals surface area (Å²) in [7, 11) is 1.63. The van der Waals surface area contributed by atoms with Gasteiger partial charge in [-0.15, -0.1) is 10.2 Å². The number of rotatable bonds is 5. The van der Waals surface area contributed by atoms with Crippen molar-refractivity contribution in [1.29, 1.82) is 0 Å². The molecular weight excluding hydrogens is 366 g/mol. The quantitative estimate of drug-likeness (QED) is 0.686. The number of nitrogens with two attached hydrogens (primary N) is 1. The number of hydrogen-bond acceptors (Lipinski definition) is 9. The van der Waals surface area contributed by atoms with E-state index in [1.165, 1.54) is 11.3 Å². The number of anilines is 2. The van der Waals surface area contributed by atoms with Crippen LogP contribution in [-0.2, 0) is 6.42 Å². The Morgan fingerprint density at radius 2 is 2.11 bits per heavy atom. The minimum Gasteiger partial charge on any atom is -0.497 e. The van der Waals surface area contributed by atoms with Gasteiger partial charge in [-0.05, 0) is 25.0 Å². The summed E-state index contributed by atoms with van der Waals surface area (Å²) in [4.78, 5) is 2.10. The second-order valence-electron chi connectivity index (χ2n) is 6.72. The summed E-state index contributed by atoms with van der Waals surface area (Å²) in [6.07, 6.45) is 1.65. The molecule has 27 heavy (non-hydrogen) atoms. The summed E-state index contributed by atoms with van der Waals surface area (Å²) in [6, 6.07) is 9.52. The molecule has 0 spiro atoms. The van der Waals surface area contributed by atoms with E-state index in [-0.39, 0.29) is 0 Å². The van der Waals surface area contributed by atoms with Gasteiger partial charge in [-0.25, -0.2) is 0 Å². The van der Waals surface area contributed by atoms with Crippen molar-refractivity contribution in [1.82, 2.24) is 15.4 Å². The van der Waals surface area contributed by atoms with Crippen LogP contribution in [0.5, 0.6) is 5.75 Å². The highest BCUT2D eigenvalue weighted by Gasteiger charge is 2.34. The van der Waals surface area contributed by atoms with Crippen LogP contribution in [0.1, 0.15) is 18.6 Å². The zero-order chi connectivity index (χ0) is 18.9. The Morgan fingerprint density at radius 1 is 1.30 bits per heavy atom. The third-order valence-corrected chi connectivity index (χ3v) is 5.64. The number of ether oxygens (including phenoxy) is 1. The van der Waals surface area contributed by atoms with Crippen molar-refractivity contribution in [3.63, 3.8) is 0 Å². The lowest BCUT2D eigenvalue weighted by Crippen LogP contribution is -2.45. The van der Waals surface area contributed by atoms with E-state index in [2.05, 4.69) is 20.3 Å². The molecule has 0 unspecified atom stereocenters. The predicted octanol–water partition coefficient (Wildman–Crippen LogP) is 2.36. The van der Waals surface area contributed by atoms with E-state index >= 15 is 0 Å². The molecule has 1 fully saturated rings. The molecule has 0 radical (unpaired) electrons. The number of nitrogen functional groups attached to an aromatic ring is 1. The lowest BCUT2D eigenvalue weighted by molar-refractivity contribution is 0.0109. The molecule has 1 aliphatic rings. The van der Waals surface area contributed by atoms with E-state index in [9.17, 15) is 5.11 Å². The minimum atomic E-state index is -0.822. The van der Waals surface area contributed by atoms with Crippen LogP contribution >= 0.6 is 11.3 Å². The monoisotopic (exact) mass is 387 g/mol. The average molecular weight is 387 g/mol. The van der Waals surface area contributed by atoms with Crippen LogP contribution in [0.4, 0.5) is 10.3 Å². The average Bonchev–Trinajstić information content (AvgIpc) is 3.31. The maximum atomic E-state index is 11.0. The van der Waals surface area contributed by atoms with Gasteiger partial charge in [-0.2, -0.15) is 0 Å². The van der Waals surface area contributed by atoms with Crippen LogP contribution in [0, 0.1) is 0 Å². The summed E-state index contributed by atoms with van der Waals surface area (Å²) in [5, 5.41) is 24.3. The van der Waals surface area contributed by atoms with Crippen LogP contribution in [-0.4, -0.2) is 46.3 Å². The maximum absolute atomic E-state index is 11.0. The molecule has 142 valence electrons. The van der Waals surface area contributed by atoms with Gasteiger partial charge in [0.1, 0.15) is 17.2 Å². The van der Waals surface area contributed by atoms with Gasteiger partial charge < -0.3 is 25.0 Å². The summed E-state index contributed by atoms with van der Waals surface area (Å²) < 4.78 is 10.7. The normalized spacial score (nSPS) is 16.4. The number of aromatic nitrogens is 3. The number of methoxy groups -OCH3 is 1. The predicted molar refractivity (Wildman–Crippen MR) is 103 cm³/mol. The van der Waals surface area contributed by atoms with E-state index in [0.717, 1.165) is 22.1 Å². The number of piperidine rings is 1. The summed E-state index contributed by atoms with van der Waals surface area (Å²) in [5.41, 5.74) is 6.48. The van der Waals surface area contributed by atoms with E-state index in [0.29, 0.717) is 43.2 Å². The van der Waals surface area contributed by atoms with Crippen molar-refractivity contribution in [2.45, 2.75) is 24.9 Å². The minimum absolute atomic E-state index is 0.427. The number of aliphatic hydroxyl groups is 1. The Kier molecular flexibility index (Phi) is 4.71. The molecular formula is C18H21N5O3S. The topological polar surface area (TPSA) is 111 Å². The van der Waals surface area contributed by atoms with Gasteiger partial charge in [-0.3, -0.25) is 0 Å². The lowest BCUT2D eigenvalue weighted by Gasteiger charge is -2.37. The highest BCUT2D eigenvalue weighted by molar-refractivity contribution is 7.18. The molecule has 3 heterocycles. The Balaban J connectivity index is 1.41. The van der Waals surface area contributed by atoms with Crippen LogP contribution < -0.4 is 15.4 Å². The number of benzene rings is 1. The largest absolute Gasteiger partial charge is 0.497 e. The van der Waals surface area contributed by atoms with Crippen LogP contribution in [0.3, 0.4) is 0 Å². The van der Waals surface area contributed by atoms with Crippen molar-refractivity contribution in [3.8, 4) is 17.0 Å². The molecule has 0 atom stereocenters. The highest BCUT2D eigenvalue weighted by atomic mass is 32.1. The Bertz CT molecular complexity index is 917. The fraction of sp³-hybridized carbons (Fsp3) is 0.389.